The van der Waals surface area contributed by atoms with Crippen molar-refractivity contribution in [2.45, 2.75) is 39.3 Å². The number of piperidine rings is 1. The number of hydrogen-bond acceptors (Lipinski definition) is 2. The van der Waals surface area contributed by atoms with Crippen molar-refractivity contribution in [1.82, 2.24) is 9.47 Å². The number of fused-ring (bicyclic) bond motifs is 1. The van der Waals surface area contributed by atoms with Gasteiger partial charge in [-0.1, -0.05) is 30.3 Å². The molecule has 0 amide bonds. The monoisotopic (exact) mass is 380 g/mol. The van der Waals surface area contributed by atoms with Gasteiger partial charge in [0, 0.05) is 42.1 Å². The van der Waals surface area contributed by atoms with Crippen molar-refractivity contribution in [2.75, 3.05) is 19.7 Å². The molecule has 0 bridgehead atoms. The second-order valence-electron chi connectivity index (χ2n) is 8.23. The summed E-state index contributed by atoms with van der Waals surface area (Å²) in [7, 11) is 0. The van der Waals surface area contributed by atoms with E-state index in [1.807, 2.05) is 12.1 Å². The number of para-hydroxylation sites is 1. The molecule has 1 aliphatic heterocycles. The van der Waals surface area contributed by atoms with Crippen LogP contribution < -0.4 is 0 Å². The Hall–Kier alpha value is -2.17. The van der Waals surface area contributed by atoms with Gasteiger partial charge in [0.05, 0.1) is 6.61 Å². The first-order valence-electron chi connectivity index (χ1n) is 10.3. The SMILES string of the molecule is CCn1cc(CN2CCC[C@](CO)(Cc3ccc(F)cc3)C2)c2ccccc21. The van der Waals surface area contributed by atoms with Crippen LogP contribution in [0.5, 0.6) is 0 Å². The largest absolute Gasteiger partial charge is 0.396 e. The van der Waals surface area contributed by atoms with E-state index in [-0.39, 0.29) is 17.8 Å². The molecule has 1 aromatic heterocycles. The molecule has 3 aromatic rings. The van der Waals surface area contributed by atoms with E-state index in [0.717, 1.165) is 51.0 Å². The third-order valence-corrected chi connectivity index (χ3v) is 6.17. The van der Waals surface area contributed by atoms with E-state index >= 15 is 0 Å². The van der Waals surface area contributed by atoms with E-state index in [2.05, 4.69) is 46.9 Å². The van der Waals surface area contributed by atoms with Gasteiger partial charge in [-0.05, 0) is 62.1 Å². The van der Waals surface area contributed by atoms with Crippen LogP contribution in [0.3, 0.4) is 0 Å². The molecule has 148 valence electrons. The summed E-state index contributed by atoms with van der Waals surface area (Å²) >= 11 is 0. The molecule has 4 heteroatoms. The quantitative estimate of drug-likeness (QED) is 0.676. The Morgan fingerprint density at radius 1 is 1.11 bits per heavy atom. The van der Waals surface area contributed by atoms with E-state index in [1.165, 1.54) is 28.6 Å². The minimum atomic E-state index is -0.209. The van der Waals surface area contributed by atoms with E-state index < -0.39 is 0 Å². The molecule has 0 spiro atoms. The van der Waals surface area contributed by atoms with Crippen LogP contribution in [0, 0.1) is 11.2 Å². The number of nitrogens with zero attached hydrogens (tertiary/aromatic N) is 2. The van der Waals surface area contributed by atoms with Crippen LogP contribution in [0.4, 0.5) is 4.39 Å². The van der Waals surface area contributed by atoms with E-state index in [9.17, 15) is 9.50 Å². The minimum Gasteiger partial charge on any atom is -0.396 e. The lowest BCUT2D eigenvalue weighted by molar-refractivity contribution is 0.0290. The zero-order valence-corrected chi connectivity index (χ0v) is 16.6. The fourth-order valence-corrected chi connectivity index (χ4v) is 4.76. The second kappa shape index (κ2) is 8.06. The van der Waals surface area contributed by atoms with Crippen molar-refractivity contribution in [1.29, 1.82) is 0 Å². The number of aliphatic hydroxyl groups excluding tert-OH is 1. The smallest absolute Gasteiger partial charge is 0.123 e. The van der Waals surface area contributed by atoms with Crippen LogP contribution in [0.1, 0.15) is 30.9 Å². The van der Waals surface area contributed by atoms with Crippen LogP contribution in [0.15, 0.2) is 54.7 Å². The Balaban J connectivity index is 1.54. The summed E-state index contributed by atoms with van der Waals surface area (Å²) in [6, 6.07) is 15.3. The molecule has 4 rings (SSSR count). The molecular formula is C24H29FN2O. The molecule has 1 fully saturated rings. The maximum absolute atomic E-state index is 13.2. The van der Waals surface area contributed by atoms with Gasteiger partial charge in [-0.3, -0.25) is 4.90 Å². The molecule has 28 heavy (non-hydrogen) atoms. The van der Waals surface area contributed by atoms with Gasteiger partial charge in [-0.15, -0.1) is 0 Å². The molecule has 1 N–H and O–H groups in total. The summed E-state index contributed by atoms with van der Waals surface area (Å²) < 4.78 is 15.6. The Kier molecular flexibility index (Phi) is 5.51. The normalized spacial score (nSPS) is 20.7. The summed E-state index contributed by atoms with van der Waals surface area (Å²) in [5.41, 5.74) is 3.59. The number of halogens is 1. The van der Waals surface area contributed by atoms with Crippen LogP contribution in [-0.4, -0.2) is 34.3 Å². The van der Waals surface area contributed by atoms with Gasteiger partial charge >= 0.3 is 0 Å². The molecule has 1 saturated heterocycles. The Morgan fingerprint density at radius 3 is 2.64 bits per heavy atom. The second-order valence-corrected chi connectivity index (χ2v) is 8.23. The maximum Gasteiger partial charge on any atom is 0.123 e. The Labute approximate surface area is 166 Å². The maximum atomic E-state index is 13.2. The topological polar surface area (TPSA) is 28.4 Å². The van der Waals surface area contributed by atoms with E-state index in [1.54, 1.807) is 0 Å². The number of aliphatic hydroxyl groups is 1. The average molecular weight is 381 g/mol. The van der Waals surface area contributed by atoms with Crippen molar-refractivity contribution in [2.24, 2.45) is 5.41 Å². The number of aromatic nitrogens is 1. The van der Waals surface area contributed by atoms with Crippen molar-refractivity contribution >= 4 is 10.9 Å². The average Bonchev–Trinajstić information content (AvgIpc) is 3.08. The highest BCUT2D eigenvalue weighted by molar-refractivity contribution is 5.83. The molecule has 1 atom stereocenters. The highest BCUT2D eigenvalue weighted by Gasteiger charge is 2.35. The number of aryl methyl sites for hydroxylation is 1. The van der Waals surface area contributed by atoms with Crippen LogP contribution in [0.2, 0.25) is 0 Å². The first-order chi connectivity index (χ1) is 13.6. The first-order valence-corrected chi connectivity index (χ1v) is 10.3. The Bertz CT molecular complexity index is 933. The summed E-state index contributed by atoms with van der Waals surface area (Å²) in [5.74, 6) is -0.209. The summed E-state index contributed by atoms with van der Waals surface area (Å²) in [6.07, 6.45) is 5.15. The molecule has 2 aromatic carbocycles. The van der Waals surface area contributed by atoms with E-state index in [0.29, 0.717) is 0 Å². The van der Waals surface area contributed by atoms with Crippen molar-refractivity contribution in [3.63, 3.8) is 0 Å². The zero-order valence-electron chi connectivity index (χ0n) is 16.6. The van der Waals surface area contributed by atoms with Crippen LogP contribution in [0.25, 0.3) is 10.9 Å². The summed E-state index contributed by atoms with van der Waals surface area (Å²) in [4.78, 5) is 2.48. The molecule has 0 aliphatic carbocycles. The van der Waals surface area contributed by atoms with Crippen molar-refractivity contribution < 1.29 is 9.50 Å². The molecule has 0 saturated carbocycles. The van der Waals surface area contributed by atoms with Gasteiger partial charge in [0.1, 0.15) is 5.82 Å². The van der Waals surface area contributed by atoms with Crippen molar-refractivity contribution in [3.8, 4) is 0 Å². The molecular weight excluding hydrogens is 351 g/mol. The number of hydrogen-bond donors (Lipinski definition) is 1. The number of rotatable bonds is 6. The lowest BCUT2D eigenvalue weighted by atomic mass is 9.75. The number of benzene rings is 2. The van der Waals surface area contributed by atoms with Crippen LogP contribution in [-0.2, 0) is 19.5 Å². The van der Waals surface area contributed by atoms with Crippen molar-refractivity contribution in [3.05, 3.63) is 71.7 Å². The van der Waals surface area contributed by atoms with Gasteiger partial charge < -0.3 is 9.67 Å². The Morgan fingerprint density at radius 2 is 1.89 bits per heavy atom. The highest BCUT2D eigenvalue weighted by Crippen LogP contribution is 2.35. The third kappa shape index (κ3) is 3.85. The lowest BCUT2D eigenvalue weighted by Gasteiger charge is -2.42. The molecule has 0 unspecified atom stereocenters. The van der Waals surface area contributed by atoms with Gasteiger partial charge in [0.25, 0.3) is 0 Å². The highest BCUT2D eigenvalue weighted by atomic mass is 19.1. The fraction of sp³-hybridized carbons (Fsp3) is 0.417. The van der Waals surface area contributed by atoms with Gasteiger partial charge in [0.2, 0.25) is 0 Å². The molecule has 3 nitrogen and oxygen atoms in total. The molecule has 0 radical (unpaired) electrons. The number of likely N-dealkylation sites (tertiary alicyclic amines) is 1. The minimum absolute atomic E-state index is 0.154. The third-order valence-electron chi connectivity index (χ3n) is 6.17. The lowest BCUT2D eigenvalue weighted by Crippen LogP contribution is -2.46. The predicted molar refractivity (Wildman–Crippen MR) is 112 cm³/mol. The van der Waals surface area contributed by atoms with Gasteiger partial charge in [0.15, 0.2) is 0 Å². The summed E-state index contributed by atoms with van der Waals surface area (Å²) in [6.45, 7) is 6.13. The summed E-state index contributed by atoms with van der Waals surface area (Å²) in [5, 5.41) is 11.6. The van der Waals surface area contributed by atoms with E-state index in [4.69, 9.17) is 0 Å². The van der Waals surface area contributed by atoms with Gasteiger partial charge in [-0.2, -0.15) is 0 Å². The van der Waals surface area contributed by atoms with Crippen LogP contribution >= 0.6 is 0 Å². The van der Waals surface area contributed by atoms with Gasteiger partial charge in [-0.25, -0.2) is 4.39 Å². The molecule has 2 heterocycles. The molecule has 1 aliphatic rings. The zero-order chi connectivity index (χ0) is 19.6. The fourth-order valence-electron chi connectivity index (χ4n) is 4.76. The standard InChI is InChI=1S/C24H29FN2O/c1-2-27-16-20(22-6-3-4-7-23(22)27)15-26-13-5-12-24(17-26,18-28)14-19-8-10-21(25)11-9-19/h3-4,6-11,16,28H,2,5,12-15,17-18H2,1H3/t24-/m0/s1. The first kappa shape index (κ1) is 19.2. The predicted octanol–water partition coefficient (Wildman–Crippen LogP) is 4.62.